The summed E-state index contributed by atoms with van der Waals surface area (Å²) in [5.74, 6) is -3.42. The molecular weight excluding hydrogens is 260 g/mol. The standard InChI is InChI=1S/C15H16O5/c1-15(2,3)7-4-5-8-9(6-7)12(17)13(18)10(11(8)16)14(19)20/h4-6,16-18H,1-3H3,(H,19,20). The predicted molar refractivity (Wildman–Crippen MR) is 74.6 cm³/mol. The summed E-state index contributed by atoms with van der Waals surface area (Å²) in [5, 5.41) is 39.1. The first-order valence-electron chi connectivity index (χ1n) is 6.09. The van der Waals surface area contributed by atoms with Gasteiger partial charge < -0.3 is 20.4 Å². The third kappa shape index (κ3) is 2.01. The molecule has 2 rings (SSSR count). The number of hydrogen-bond donors (Lipinski definition) is 4. The quantitative estimate of drug-likeness (QED) is 0.474. The zero-order chi connectivity index (χ0) is 15.2. The van der Waals surface area contributed by atoms with Crippen molar-refractivity contribution >= 4 is 16.7 Å². The van der Waals surface area contributed by atoms with Gasteiger partial charge in [0.2, 0.25) is 0 Å². The second-order valence-electron chi connectivity index (χ2n) is 5.74. The van der Waals surface area contributed by atoms with Crippen LogP contribution in [-0.4, -0.2) is 26.4 Å². The predicted octanol–water partition coefficient (Wildman–Crippen LogP) is 2.95. The molecule has 4 N–H and O–H groups in total. The molecule has 2 aromatic carbocycles. The Kier molecular flexibility index (Phi) is 3.01. The van der Waals surface area contributed by atoms with Gasteiger partial charge in [-0.2, -0.15) is 0 Å². The lowest BCUT2D eigenvalue weighted by molar-refractivity contribution is 0.0690. The molecule has 0 atom stereocenters. The van der Waals surface area contributed by atoms with E-state index in [2.05, 4.69) is 0 Å². The topological polar surface area (TPSA) is 98.0 Å². The van der Waals surface area contributed by atoms with Crippen LogP contribution in [0, 0.1) is 0 Å². The van der Waals surface area contributed by atoms with Crippen LogP contribution < -0.4 is 0 Å². The lowest BCUT2D eigenvalue weighted by atomic mass is 9.85. The van der Waals surface area contributed by atoms with Crippen molar-refractivity contribution in [3.8, 4) is 17.2 Å². The van der Waals surface area contributed by atoms with E-state index >= 15 is 0 Å². The van der Waals surface area contributed by atoms with Crippen LogP contribution in [0.25, 0.3) is 10.8 Å². The number of fused-ring (bicyclic) bond motifs is 1. The normalized spacial score (nSPS) is 11.8. The van der Waals surface area contributed by atoms with Crippen LogP contribution in [0.5, 0.6) is 17.2 Å². The number of phenolic OH excluding ortho intramolecular Hbond substituents is 1. The highest BCUT2D eigenvalue weighted by Crippen LogP contribution is 2.44. The molecule has 0 bridgehead atoms. The summed E-state index contributed by atoms with van der Waals surface area (Å²) in [4.78, 5) is 11.0. The van der Waals surface area contributed by atoms with Crippen LogP contribution in [-0.2, 0) is 5.41 Å². The number of aromatic carboxylic acids is 1. The van der Waals surface area contributed by atoms with Crippen molar-refractivity contribution in [3.63, 3.8) is 0 Å². The van der Waals surface area contributed by atoms with Gasteiger partial charge in [-0.1, -0.05) is 32.9 Å². The number of carbonyl (C=O) groups is 1. The minimum atomic E-state index is -1.50. The summed E-state index contributed by atoms with van der Waals surface area (Å²) in [5.41, 5.74) is 0.0119. The molecule has 0 saturated carbocycles. The third-order valence-corrected chi connectivity index (χ3v) is 3.31. The van der Waals surface area contributed by atoms with E-state index in [1.807, 2.05) is 20.8 Å². The number of rotatable bonds is 1. The molecule has 0 aliphatic heterocycles. The molecular formula is C15H16O5. The molecule has 5 heteroatoms. The van der Waals surface area contributed by atoms with Gasteiger partial charge >= 0.3 is 5.97 Å². The Morgan fingerprint density at radius 1 is 0.950 bits per heavy atom. The van der Waals surface area contributed by atoms with Gasteiger partial charge in [0.15, 0.2) is 11.5 Å². The summed E-state index contributed by atoms with van der Waals surface area (Å²) in [6.07, 6.45) is 0. The summed E-state index contributed by atoms with van der Waals surface area (Å²) < 4.78 is 0. The van der Waals surface area contributed by atoms with Gasteiger partial charge in [-0.15, -0.1) is 0 Å². The molecule has 106 valence electrons. The van der Waals surface area contributed by atoms with E-state index in [9.17, 15) is 20.1 Å². The Balaban J connectivity index is 2.89. The number of carboxylic acid groups (broad SMARTS) is 1. The molecule has 20 heavy (non-hydrogen) atoms. The Labute approximate surface area is 115 Å². The SMILES string of the molecule is CC(C)(C)c1ccc2c(O)c(C(=O)O)c(O)c(O)c2c1. The number of benzene rings is 2. The molecule has 0 radical (unpaired) electrons. The molecule has 5 nitrogen and oxygen atoms in total. The summed E-state index contributed by atoms with van der Waals surface area (Å²) in [6, 6.07) is 4.93. The third-order valence-electron chi connectivity index (χ3n) is 3.31. The molecule has 0 aliphatic carbocycles. The van der Waals surface area contributed by atoms with Crippen molar-refractivity contribution in [3.05, 3.63) is 29.3 Å². The number of hydrogen-bond acceptors (Lipinski definition) is 4. The first kappa shape index (κ1) is 14.0. The van der Waals surface area contributed by atoms with Crippen molar-refractivity contribution in [2.45, 2.75) is 26.2 Å². The van der Waals surface area contributed by atoms with Crippen molar-refractivity contribution in [2.75, 3.05) is 0 Å². The maximum absolute atomic E-state index is 11.0. The average Bonchev–Trinajstić information content (AvgIpc) is 2.34. The van der Waals surface area contributed by atoms with Gasteiger partial charge in [-0.25, -0.2) is 4.79 Å². The number of aromatic hydroxyl groups is 3. The van der Waals surface area contributed by atoms with Crippen LogP contribution in [0.2, 0.25) is 0 Å². The molecule has 0 aliphatic rings. The van der Waals surface area contributed by atoms with E-state index in [1.54, 1.807) is 12.1 Å². The van der Waals surface area contributed by atoms with Crippen molar-refractivity contribution in [1.82, 2.24) is 0 Å². The fourth-order valence-electron chi connectivity index (χ4n) is 2.11. The maximum atomic E-state index is 11.0. The van der Waals surface area contributed by atoms with Gasteiger partial charge in [-0.3, -0.25) is 0 Å². The Bertz CT molecular complexity index is 711. The molecule has 0 fully saturated rings. The second kappa shape index (κ2) is 4.30. The summed E-state index contributed by atoms with van der Waals surface area (Å²) >= 11 is 0. The van der Waals surface area contributed by atoms with Gasteiger partial charge in [0.25, 0.3) is 0 Å². The highest BCUT2D eigenvalue weighted by atomic mass is 16.4. The van der Waals surface area contributed by atoms with Crippen LogP contribution in [0.4, 0.5) is 0 Å². The second-order valence-corrected chi connectivity index (χ2v) is 5.74. The van der Waals surface area contributed by atoms with Crippen LogP contribution in [0.1, 0.15) is 36.7 Å². The van der Waals surface area contributed by atoms with Crippen LogP contribution >= 0.6 is 0 Å². The number of phenols is 3. The average molecular weight is 276 g/mol. The Morgan fingerprint density at radius 3 is 2.05 bits per heavy atom. The van der Waals surface area contributed by atoms with Crippen molar-refractivity contribution in [2.24, 2.45) is 0 Å². The van der Waals surface area contributed by atoms with E-state index < -0.39 is 28.8 Å². The van der Waals surface area contributed by atoms with E-state index in [0.29, 0.717) is 0 Å². The highest BCUT2D eigenvalue weighted by Gasteiger charge is 2.24. The Morgan fingerprint density at radius 2 is 1.55 bits per heavy atom. The van der Waals surface area contributed by atoms with Gasteiger partial charge in [0.1, 0.15) is 11.3 Å². The summed E-state index contributed by atoms with van der Waals surface area (Å²) in [6.45, 7) is 5.95. The smallest absolute Gasteiger partial charge is 0.343 e. The zero-order valence-corrected chi connectivity index (χ0v) is 11.4. The van der Waals surface area contributed by atoms with Crippen LogP contribution in [0.15, 0.2) is 18.2 Å². The Hall–Kier alpha value is -2.43. The van der Waals surface area contributed by atoms with E-state index in [0.717, 1.165) is 5.56 Å². The monoisotopic (exact) mass is 276 g/mol. The molecule has 0 unspecified atom stereocenters. The molecule has 0 amide bonds. The van der Waals surface area contributed by atoms with Gasteiger partial charge in [0.05, 0.1) is 0 Å². The minimum absolute atomic E-state index is 0.183. The fourth-order valence-corrected chi connectivity index (χ4v) is 2.11. The molecule has 0 saturated heterocycles. The molecule has 2 aromatic rings. The first-order valence-corrected chi connectivity index (χ1v) is 6.09. The van der Waals surface area contributed by atoms with Crippen molar-refractivity contribution < 1.29 is 25.2 Å². The highest BCUT2D eigenvalue weighted by molar-refractivity contribution is 6.06. The van der Waals surface area contributed by atoms with Crippen LogP contribution in [0.3, 0.4) is 0 Å². The van der Waals surface area contributed by atoms with Gasteiger partial charge in [0, 0.05) is 10.8 Å². The molecule has 0 aromatic heterocycles. The van der Waals surface area contributed by atoms with E-state index in [-0.39, 0.29) is 16.2 Å². The molecule has 0 spiro atoms. The van der Waals surface area contributed by atoms with E-state index in [4.69, 9.17) is 5.11 Å². The largest absolute Gasteiger partial charge is 0.506 e. The lowest BCUT2D eigenvalue weighted by Gasteiger charge is -2.20. The minimum Gasteiger partial charge on any atom is -0.506 e. The molecule has 0 heterocycles. The van der Waals surface area contributed by atoms with E-state index in [1.165, 1.54) is 6.07 Å². The maximum Gasteiger partial charge on any atom is 0.343 e. The van der Waals surface area contributed by atoms with Gasteiger partial charge in [-0.05, 0) is 17.0 Å². The first-order chi connectivity index (χ1) is 9.14. The zero-order valence-electron chi connectivity index (χ0n) is 11.4. The van der Waals surface area contributed by atoms with Crippen molar-refractivity contribution in [1.29, 1.82) is 0 Å². The summed E-state index contributed by atoms with van der Waals surface area (Å²) in [7, 11) is 0. The lowest BCUT2D eigenvalue weighted by Crippen LogP contribution is -2.10. The number of carboxylic acids is 1. The fraction of sp³-hybridized carbons (Fsp3) is 0.267.